The molecule has 1 aliphatic rings. The van der Waals surface area contributed by atoms with Gasteiger partial charge >= 0.3 is 0 Å². The lowest BCUT2D eigenvalue weighted by atomic mass is 10.2. The van der Waals surface area contributed by atoms with Gasteiger partial charge in [0.2, 0.25) is 5.91 Å². The Kier molecular flexibility index (Phi) is 4.00. The molecule has 6 nitrogen and oxygen atoms in total. The van der Waals surface area contributed by atoms with Crippen molar-refractivity contribution in [2.45, 2.75) is 30.9 Å². The topological polar surface area (TPSA) is 91.9 Å². The zero-order valence-corrected chi connectivity index (χ0v) is 10.9. The fourth-order valence-corrected chi connectivity index (χ4v) is 3.93. The summed E-state index contributed by atoms with van der Waals surface area (Å²) in [6.45, 7) is 0.424. The molecule has 2 N–H and O–H groups in total. The van der Waals surface area contributed by atoms with Gasteiger partial charge < -0.3 is 10.3 Å². The Morgan fingerprint density at radius 3 is 3.00 bits per heavy atom. The van der Waals surface area contributed by atoms with Crippen LogP contribution in [0.3, 0.4) is 0 Å². The minimum Gasteiger partial charge on any atom is -0.355 e. The van der Waals surface area contributed by atoms with Crippen LogP contribution in [0.15, 0.2) is 12.5 Å². The first-order valence-corrected chi connectivity index (χ1v) is 7.78. The van der Waals surface area contributed by atoms with Crippen molar-refractivity contribution in [3.63, 3.8) is 0 Å². The molecule has 0 aliphatic carbocycles. The second-order valence-electron chi connectivity index (χ2n) is 4.47. The third kappa shape index (κ3) is 3.10. The van der Waals surface area contributed by atoms with E-state index in [2.05, 4.69) is 15.3 Å². The van der Waals surface area contributed by atoms with Crippen molar-refractivity contribution in [2.75, 3.05) is 12.3 Å². The summed E-state index contributed by atoms with van der Waals surface area (Å²) in [5.74, 6) is -0.236. The number of hydrogen-bond acceptors (Lipinski definition) is 4. The van der Waals surface area contributed by atoms with E-state index in [9.17, 15) is 13.2 Å². The quantitative estimate of drug-likeness (QED) is 0.808. The molecule has 1 saturated heterocycles. The van der Waals surface area contributed by atoms with Gasteiger partial charge in [0.1, 0.15) is 5.25 Å². The molecule has 0 radical (unpaired) electrons. The van der Waals surface area contributed by atoms with E-state index in [1.807, 2.05) is 0 Å². The maximum atomic E-state index is 11.8. The lowest BCUT2D eigenvalue weighted by Gasteiger charge is -2.21. The average Bonchev–Trinajstić information content (AvgIpc) is 2.81. The van der Waals surface area contributed by atoms with Crippen molar-refractivity contribution in [2.24, 2.45) is 0 Å². The van der Waals surface area contributed by atoms with Crippen LogP contribution in [0.4, 0.5) is 0 Å². The third-order valence-electron chi connectivity index (χ3n) is 3.12. The van der Waals surface area contributed by atoms with Gasteiger partial charge in [0.15, 0.2) is 9.84 Å². The molecule has 1 fully saturated rings. The predicted octanol–water partition coefficient (Wildman–Crippen LogP) is 0.0357. The van der Waals surface area contributed by atoms with Crippen LogP contribution in [0, 0.1) is 0 Å². The van der Waals surface area contributed by atoms with E-state index in [0.29, 0.717) is 25.8 Å². The van der Waals surface area contributed by atoms with Gasteiger partial charge in [0.05, 0.1) is 12.1 Å². The highest BCUT2D eigenvalue weighted by Gasteiger charge is 2.34. The SMILES string of the molecule is O=C(NCCc1cnc[nH]1)C1CCCCS1(=O)=O. The number of hydrogen-bond donors (Lipinski definition) is 2. The lowest BCUT2D eigenvalue weighted by Crippen LogP contribution is -2.43. The number of carbonyl (C=O) groups excluding carboxylic acids is 1. The van der Waals surface area contributed by atoms with E-state index >= 15 is 0 Å². The number of imidazole rings is 1. The Morgan fingerprint density at radius 1 is 1.50 bits per heavy atom. The highest BCUT2D eigenvalue weighted by atomic mass is 32.2. The summed E-state index contributed by atoms with van der Waals surface area (Å²) < 4.78 is 23.5. The molecule has 0 aromatic carbocycles. The van der Waals surface area contributed by atoms with Gasteiger partial charge in [-0.1, -0.05) is 6.42 Å². The third-order valence-corrected chi connectivity index (χ3v) is 5.29. The number of nitrogens with zero attached hydrogens (tertiary/aromatic N) is 1. The fourth-order valence-electron chi connectivity index (χ4n) is 2.10. The second-order valence-corrected chi connectivity index (χ2v) is 6.77. The summed E-state index contributed by atoms with van der Waals surface area (Å²) in [6.07, 6.45) is 5.79. The summed E-state index contributed by atoms with van der Waals surface area (Å²) in [5.41, 5.74) is 0.918. The van der Waals surface area contributed by atoms with E-state index in [-0.39, 0.29) is 11.7 Å². The number of amides is 1. The molecule has 2 heterocycles. The molecule has 18 heavy (non-hydrogen) atoms. The zero-order valence-electron chi connectivity index (χ0n) is 10.1. The predicted molar refractivity (Wildman–Crippen MR) is 66.7 cm³/mol. The largest absolute Gasteiger partial charge is 0.355 e. The maximum absolute atomic E-state index is 11.8. The molecular formula is C11H17N3O3S. The van der Waals surface area contributed by atoms with Crippen LogP contribution >= 0.6 is 0 Å². The highest BCUT2D eigenvalue weighted by molar-refractivity contribution is 7.92. The standard InChI is InChI=1S/C11H17N3O3S/c15-11(10-3-1-2-6-18(10,16)17)13-5-4-9-7-12-8-14-9/h7-8,10H,1-6H2,(H,12,14)(H,13,15). The van der Waals surface area contributed by atoms with Gasteiger partial charge in [0.25, 0.3) is 0 Å². The second kappa shape index (κ2) is 5.51. The van der Waals surface area contributed by atoms with Crippen molar-refractivity contribution in [3.8, 4) is 0 Å². The molecular weight excluding hydrogens is 254 g/mol. The summed E-state index contributed by atoms with van der Waals surface area (Å²) in [6, 6.07) is 0. The van der Waals surface area contributed by atoms with Crippen LogP contribution in [-0.4, -0.2) is 41.8 Å². The molecule has 1 aromatic rings. The molecule has 1 unspecified atom stereocenters. The summed E-state index contributed by atoms with van der Waals surface area (Å²) in [4.78, 5) is 18.6. The Hall–Kier alpha value is -1.37. The number of sulfone groups is 1. The molecule has 2 rings (SSSR count). The van der Waals surface area contributed by atoms with Crippen LogP contribution in [-0.2, 0) is 21.1 Å². The van der Waals surface area contributed by atoms with Crippen LogP contribution in [0.2, 0.25) is 0 Å². The van der Waals surface area contributed by atoms with E-state index < -0.39 is 15.1 Å². The Morgan fingerprint density at radius 2 is 2.33 bits per heavy atom. The Bertz CT molecular complexity index is 496. The van der Waals surface area contributed by atoms with Crippen molar-refractivity contribution in [1.82, 2.24) is 15.3 Å². The van der Waals surface area contributed by atoms with Gasteiger partial charge in [0, 0.05) is 24.9 Å². The van der Waals surface area contributed by atoms with Crippen molar-refractivity contribution in [1.29, 1.82) is 0 Å². The van der Waals surface area contributed by atoms with Gasteiger partial charge in [-0.25, -0.2) is 13.4 Å². The number of H-pyrrole nitrogens is 1. The minimum absolute atomic E-state index is 0.131. The van der Waals surface area contributed by atoms with Gasteiger partial charge in [-0.2, -0.15) is 0 Å². The molecule has 7 heteroatoms. The number of carbonyl (C=O) groups is 1. The minimum atomic E-state index is -3.24. The van der Waals surface area contributed by atoms with E-state index in [1.165, 1.54) is 0 Å². The zero-order chi connectivity index (χ0) is 13.0. The molecule has 1 aliphatic heterocycles. The first-order valence-electron chi connectivity index (χ1n) is 6.06. The van der Waals surface area contributed by atoms with Crippen molar-refractivity contribution in [3.05, 3.63) is 18.2 Å². The van der Waals surface area contributed by atoms with Gasteiger partial charge in [-0.3, -0.25) is 4.79 Å². The van der Waals surface area contributed by atoms with Crippen molar-refractivity contribution < 1.29 is 13.2 Å². The van der Waals surface area contributed by atoms with Crippen LogP contribution in [0.5, 0.6) is 0 Å². The maximum Gasteiger partial charge on any atom is 0.238 e. The molecule has 0 saturated carbocycles. The monoisotopic (exact) mass is 271 g/mol. The average molecular weight is 271 g/mol. The molecule has 1 atom stereocenters. The fraction of sp³-hybridized carbons (Fsp3) is 0.636. The van der Waals surface area contributed by atoms with Crippen molar-refractivity contribution >= 4 is 15.7 Å². The van der Waals surface area contributed by atoms with Crippen LogP contribution < -0.4 is 5.32 Å². The molecule has 0 bridgehead atoms. The first-order chi connectivity index (χ1) is 8.59. The Labute approximate surface area is 106 Å². The van der Waals surface area contributed by atoms with Crippen LogP contribution in [0.25, 0.3) is 0 Å². The highest BCUT2D eigenvalue weighted by Crippen LogP contribution is 2.19. The first kappa shape index (κ1) is 13.1. The van der Waals surface area contributed by atoms with Gasteiger partial charge in [-0.05, 0) is 12.8 Å². The summed E-state index contributed by atoms with van der Waals surface area (Å²) in [7, 11) is -3.24. The molecule has 0 spiro atoms. The van der Waals surface area contributed by atoms with E-state index in [1.54, 1.807) is 12.5 Å². The van der Waals surface area contributed by atoms with Crippen LogP contribution in [0.1, 0.15) is 25.0 Å². The molecule has 1 amide bonds. The summed E-state index contributed by atoms with van der Waals surface area (Å²) >= 11 is 0. The molecule has 100 valence electrons. The normalized spacial score (nSPS) is 22.6. The number of nitrogens with one attached hydrogen (secondary N) is 2. The number of rotatable bonds is 4. The lowest BCUT2D eigenvalue weighted by molar-refractivity contribution is -0.120. The Balaban J connectivity index is 1.84. The number of aromatic amines is 1. The van der Waals surface area contributed by atoms with Gasteiger partial charge in [-0.15, -0.1) is 0 Å². The molecule has 1 aromatic heterocycles. The summed E-state index contributed by atoms with van der Waals surface area (Å²) in [5, 5.41) is 1.83. The van der Waals surface area contributed by atoms with E-state index in [0.717, 1.165) is 12.1 Å². The smallest absolute Gasteiger partial charge is 0.238 e. The number of aromatic nitrogens is 2. The van der Waals surface area contributed by atoms with E-state index in [4.69, 9.17) is 0 Å².